The zero-order chi connectivity index (χ0) is 8.10. The van der Waals surface area contributed by atoms with Crippen LogP contribution in [0.15, 0.2) is 12.7 Å². The number of carbonyl (C=O) groups is 1. The first-order valence-corrected chi connectivity index (χ1v) is 4.13. The van der Waals surface area contributed by atoms with Crippen LogP contribution in [0.1, 0.15) is 32.1 Å². The zero-order valence-electron chi connectivity index (χ0n) is 6.71. The quantitative estimate of drug-likeness (QED) is 0.459. The van der Waals surface area contributed by atoms with Crippen LogP contribution in [0.3, 0.4) is 0 Å². The van der Waals surface area contributed by atoms with E-state index in [1.54, 1.807) is 0 Å². The van der Waals surface area contributed by atoms with Crippen LogP contribution in [0.4, 0.5) is 0 Å². The molecule has 0 aromatic rings. The summed E-state index contributed by atoms with van der Waals surface area (Å²) < 4.78 is 5.10. The summed E-state index contributed by atoms with van der Waals surface area (Å²) in [6.45, 7) is 3.62. The standard InChI is InChI=1S/C9H14O2/c1-2-3-5-8-6-4-7-9(10)11-8/h2,8H,1,3-7H2. The monoisotopic (exact) mass is 154 g/mol. The molecule has 1 aliphatic rings. The summed E-state index contributed by atoms with van der Waals surface area (Å²) in [5.74, 6) is -0.0367. The van der Waals surface area contributed by atoms with Gasteiger partial charge in [-0.15, -0.1) is 6.58 Å². The maximum Gasteiger partial charge on any atom is 0.306 e. The Morgan fingerprint density at radius 3 is 3.18 bits per heavy atom. The number of hydrogen-bond donors (Lipinski definition) is 0. The molecule has 0 spiro atoms. The molecule has 1 fully saturated rings. The van der Waals surface area contributed by atoms with Crippen LogP contribution in [0, 0.1) is 0 Å². The Morgan fingerprint density at radius 2 is 2.55 bits per heavy atom. The van der Waals surface area contributed by atoms with Crippen LogP contribution in [0.2, 0.25) is 0 Å². The van der Waals surface area contributed by atoms with Crippen molar-refractivity contribution in [3.8, 4) is 0 Å². The number of rotatable bonds is 3. The topological polar surface area (TPSA) is 26.3 Å². The van der Waals surface area contributed by atoms with Gasteiger partial charge >= 0.3 is 5.97 Å². The SMILES string of the molecule is C=CCCC1CCCC(=O)O1. The molecule has 0 bridgehead atoms. The van der Waals surface area contributed by atoms with E-state index in [2.05, 4.69) is 6.58 Å². The molecule has 2 heteroatoms. The molecule has 2 nitrogen and oxygen atoms in total. The van der Waals surface area contributed by atoms with E-state index in [9.17, 15) is 4.79 Å². The molecule has 0 N–H and O–H groups in total. The van der Waals surface area contributed by atoms with Gasteiger partial charge in [0.15, 0.2) is 0 Å². The molecule has 1 saturated heterocycles. The fraction of sp³-hybridized carbons (Fsp3) is 0.667. The van der Waals surface area contributed by atoms with Gasteiger partial charge < -0.3 is 4.74 Å². The molecule has 1 unspecified atom stereocenters. The average Bonchev–Trinajstić information content (AvgIpc) is 2.01. The lowest BCUT2D eigenvalue weighted by molar-refractivity contribution is -0.153. The van der Waals surface area contributed by atoms with Crippen LogP contribution in [-0.2, 0) is 9.53 Å². The summed E-state index contributed by atoms with van der Waals surface area (Å²) in [6.07, 6.45) is 6.52. The van der Waals surface area contributed by atoms with Gasteiger partial charge in [0.25, 0.3) is 0 Å². The van der Waals surface area contributed by atoms with Crippen molar-refractivity contribution in [1.29, 1.82) is 0 Å². The highest BCUT2D eigenvalue weighted by molar-refractivity contribution is 5.70. The van der Waals surface area contributed by atoms with E-state index in [0.717, 1.165) is 25.7 Å². The fourth-order valence-corrected chi connectivity index (χ4v) is 1.28. The van der Waals surface area contributed by atoms with Crippen molar-refractivity contribution >= 4 is 5.97 Å². The largest absolute Gasteiger partial charge is 0.462 e. The number of hydrogen-bond acceptors (Lipinski definition) is 2. The van der Waals surface area contributed by atoms with Gasteiger partial charge in [-0.1, -0.05) is 6.08 Å². The van der Waals surface area contributed by atoms with Gasteiger partial charge in [0, 0.05) is 6.42 Å². The van der Waals surface area contributed by atoms with Crippen molar-refractivity contribution in [2.24, 2.45) is 0 Å². The molecule has 1 aliphatic heterocycles. The van der Waals surface area contributed by atoms with Crippen LogP contribution in [0.25, 0.3) is 0 Å². The maximum atomic E-state index is 10.8. The van der Waals surface area contributed by atoms with Crippen molar-refractivity contribution < 1.29 is 9.53 Å². The third-order valence-corrected chi connectivity index (χ3v) is 1.90. The molecule has 0 radical (unpaired) electrons. The van der Waals surface area contributed by atoms with Crippen molar-refractivity contribution in [1.82, 2.24) is 0 Å². The van der Waals surface area contributed by atoms with Crippen LogP contribution in [0.5, 0.6) is 0 Å². The zero-order valence-corrected chi connectivity index (χ0v) is 6.71. The van der Waals surface area contributed by atoms with Gasteiger partial charge in [0.2, 0.25) is 0 Å². The van der Waals surface area contributed by atoms with E-state index < -0.39 is 0 Å². The first-order chi connectivity index (χ1) is 5.33. The summed E-state index contributed by atoms with van der Waals surface area (Å²) in [6, 6.07) is 0. The Labute approximate surface area is 67.2 Å². The summed E-state index contributed by atoms with van der Waals surface area (Å²) in [5, 5.41) is 0. The predicted octanol–water partition coefficient (Wildman–Crippen LogP) is 2.05. The molecular formula is C9H14O2. The molecule has 0 amide bonds. The molecule has 1 heterocycles. The Balaban J connectivity index is 2.22. The molecule has 62 valence electrons. The second-order valence-corrected chi connectivity index (χ2v) is 2.87. The van der Waals surface area contributed by atoms with Gasteiger partial charge in [0.05, 0.1) is 0 Å². The number of carbonyl (C=O) groups excluding carboxylic acids is 1. The Morgan fingerprint density at radius 1 is 1.73 bits per heavy atom. The molecule has 0 saturated carbocycles. The van der Waals surface area contributed by atoms with Gasteiger partial charge in [-0.25, -0.2) is 0 Å². The Kier molecular flexibility index (Phi) is 3.14. The lowest BCUT2D eigenvalue weighted by atomic mass is 10.0. The van der Waals surface area contributed by atoms with Gasteiger partial charge in [-0.3, -0.25) is 4.79 Å². The molecular weight excluding hydrogens is 140 g/mol. The van der Waals surface area contributed by atoms with Gasteiger partial charge in [-0.05, 0) is 25.7 Å². The van der Waals surface area contributed by atoms with Crippen molar-refractivity contribution in [2.75, 3.05) is 0 Å². The van der Waals surface area contributed by atoms with E-state index in [0.29, 0.717) is 6.42 Å². The lowest BCUT2D eigenvalue weighted by Crippen LogP contribution is -2.22. The van der Waals surface area contributed by atoms with Gasteiger partial charge in [-0.2, -0.15) is 0 Å². The normalized spacial score (nSPS) is 24.4. The van der Waals surface area contributed by atoms with E-state index in [-0.39, 0.29) is 12.1 Å². The summed E-state index contributed by atoms with van der Waals surface area (Å²) in [4.78, 5) is 10.8. The third kappa shape index (κ3) is 2.74. The minimum absolute atomic E-state index is 0.0367. The van der Waals surface area contributed by atoms with Crippen LogP contribution >= 0.6 is 0 Å². The third-order valence-electron chi connectivity index (χ3n) is 1.90. The second-order valence-electron chi connectivity index (χ2n) is 2.87. The second kappa shape index (κ2) is 4.16. The molecule has 0 aromatic carbocycles. The lowest BCUT2D eigenvalue weighted by Gasteiger charge is -2.21. The number of cyclic esters (lactones) is 1. The average molecular weight is 154 g/mol. The highest BCUT2D eigenvalue weighted by Crippen LogP contribution is 2.17. The first-order valence-electron chi connectivity index (χ1n) is 4.13. The Bertz CT molecular complexity index is 152. The van der Waals surface area contributed by atoms with Crippen molar-refractivity contribution in [2.45, 2.75) is 38.2 Å². The minimum atomic E-state index is -0.0367. The molecule has 1 rings (SSSR count). The fourth-order valence-electron chi connectivity index (χ4n) is 1.28. The minimum Gasteiger partial charge on any atom is -0.462 e. The molecule has 0 aromatic heterocycles. The summed E-state index contributed by atoms with van der Waals surface area (Å²) in [5.41, 5.74) is 0. The molecule has 0 aliphatic carbocycles. The number of allylic oxidation sites excluding steroid dienone is 1. The highest BCUT2D eigenvalue weighted by Gasteiger charge is 2.18. The van der Waals surface area contributed by atoms with Crippen molar-refractivity contribution in [3.05, 3.63) is 12.7 Å². The number of ether oxygens (including phenoxy) is 1. The number of esters is 1. The Hall–Kier alpha value is -0.790. The molecule has 11 heavy (non-hydrogen) atoms. The highest BCUT2D eigenvalue weighted by atomic mass is 16.5. The van der Waals surface area contributed by atoms with Crippen molar-refractivity contribution in [3.63, 3.8) is 0 Å². The summed E-state index contributed by atoms with van der Waals surface area (Å²) in [7, 11) is 0. The van der Waals surface area contributed by atoms with E-state index in [1.165, 1.54) is 0 Å². The summed E-state index contributed by atoms with van der Waals surface area (Å²) >= 11 is 0. The van der Waals surface area contributed by atoms with Gasteiger partial charge in [0.1, 0.15) is 6.10 Å². The maximum absolute atomic E-state index is 10.8. The molecule has 1 atom stereocenters. The van der Waals surface area contributed by atoms with Crippen LogP contribution in [-0.4, -0.2) is 12.1 Å². The van der Waals surface area contributed by atoms with E-state index in [1.807, 2.05) is 6.08 Å². The van der Waals surface area contributed by atoms with E-state index >= 15 is 0 Å². The predicted molar refractivity (Wildman–Crippen MR) is 43.2 cm³/mol. The van der Waals surface area contributed by atoms with E-state index in [4.69, 9.17) is 4.74 Å². The smallest absolute Gasteiger partial charge is 0.306 e. The van der Waals surface area contributed by atoms with Crippen LogP contribution < -0.4 is 0 Å². The first kappa shape index (κ1) is 8.31.